The molecular weight excluding hydrogens is 222 g/mol. The summed E-state index contributed by atoms with van der Waals surface area (Å²) < 4.78 is 6.02. The van der Waals surface area contributed by atoms with E-state index in [1.807, 2.05) is 0 Å². The van der Waals surface area contributed by atoms with Crippen LogP contribution in [0.5, 0.6) is 0 Å². The standard InChI is InChI=1S/C16H33NO/c1-7-9-13(8-2)17-14-10-15(16(14,5)6)18-11-12(3)4/h12-15,17H,7-11H2,1-6H3. The van der Waals surface area contributed by atoms with Crippen LogP contribution in [0.2, 0.25) is 0 Å². The van der Waals surface area contributed by atoms with E-state index in [0.29, 0.717) is 24.1 Å². The first-order valence-electron chi connectivity index (χ1n) is 7.79. The minimum absolute atomic E-state index is 0.288. The molecule has 0 radical (unpaired) electrons. The van der Waals surface area contributed by atoms with Gasteiger partial charge in [0.05, 0.1) is 6.10 Å². The van der Waals surface area contributed by atoms with Crippen LogP contribution in [-0.2, 0) is 4.74 Å². The second-order valence-electron chi connectivity index (χ2n) is 6.89. The molecule has 1 rings (SSSR count). The van der Waals surface area contributed by atoms with Crippen molar-refractivity contribution in [2.75, 3.05) is 6.61 Å². The zero-order valence-corrected chi connectivity index (χ0v) is 13.3. The summed E-state index contributed by atoms with van der Waals surface area (Å²) in [5.74, 6) is 0.635. The maximum Gasteiger partial charge on any atom is 0.0656 e. The van der Waals surface area contributed by atoms with Crippen molar-refractivity contribution in [3.8, 4) is 0 Å². The van der Waals surface area contributed by atoms with Gasteiger partial charge in [-0.05, 0) is 25.2 Å². The highest BCUT2D eigenvalue weighted by molar-refractivity contribution is 5.03. The average molecular weight is 255 g/mol. The Labute approximate surface area is 114 Å². The molecule has 1 aliphatic carbocycles. The molecule has 0 amide bonds. The molecule has 1 fully saturated rings. The molecule has 18 heavy (non-hydrogen) atoms. The number of nitrogens with one attached hydrogen (secondary N) is 1. The molecule has 2 heteroatoms. The molecule has 0 heterocycles. The third-order valence-corrected chi connectivity index (χ3v) is 4.38. The van der Waals surface area contributed by atoms with Crippen molar-refractivity contribution in [1.82, 2.24) is 5.32 Å². The van der Waals surface area contributed by atoms with E-state index < -0.39 is 0 Å². The summed E-state index contributed by atoms with van der Waals surface area (Å²) >= 11 is 0. The molecule has 1 saturated carbocycles. The van der Waals surface area contributed by atoms with Crippen molar-refractivity contribution < 1.29 is 4.74 Å². The van der Waals surface area contributed by atoms with E-state index in [0.717, 1.165) is 6.61 Å². The van der Waals surface area contributed by atoms with Crippen LogP contribution in [0.25, 0.3) is 0 Å². The second-order valence-corrected chi connectivity index (χ2v) is 6.89. The first-order chi connectivity index (χ1) is 8.41. The first-order valence-corrected chi connectivity index (χ1v) is 7.79. The third-order valence-electron chi connectivity index (χ3n) is 4.38. The van der Waals surface area contributed by atoms with Gasteiger partial charge in [-0.15, -0.1) is 0 Å². The fourth-order valence-electron chi connectivity index (χ4n) is 2.80. The summed E-state index contributed by atoms with van der Waals surface area (Å²) in [5, 5.41) is 3.83. The van der Waals surface area contributed by atoms with Gasteiger partial charge in [-0.25, -0.2) is 0 Å². The van der Waals surface area contributed by atoms with Crippen molar-refractivity contribution in [1.29, 1.82) is 0 Å². The lowest BCUT2D eigenvalue weighted by atomic mass is 9.64. The Morgan fingerprint density at radius 1 is 1.28 bits per heavy atom. The Hall–Kier alpha value is -0.0800. The second kappa shape index (κ2) is 6.91. The lowest BCUT2D eigenvalue weighted by Gasteiger charge is -2.53. The normalized spacial score (nSPS) is 28.2. The molecule has 0 saturated heterocycles. The summed E-state index contributed by atoms with van der Waals surface area (Å²) in [6, 6.07) is 1.32. The summed E-state index contributed by atoms with van der Waals surface area (Å²) in [5.41, 5.74) is 0.288. The first kappa shape index (κ1) is 16.0. The minimum Gasteiger partial charge on any atom is -0.377 e. The average Bonchev–Trinajstić information content (AvgIpc) is 2.30. The molecule has 0 aromatic carbocycles. The molecule has 0 aliphatic heterocycles. The van der Waals surface area contributed by atoms with Crippen molar-refractivity contribution in [2.24, 2.45) is 11.3 Å². The minimum atomic E-state index is 0.288. The number of hydrogen-bond donors (Lipinski definition) is 1. The molecule has 2 nitrogen and oxygen atoms in total. The van der Waals surface area contributed by atoms with Gasteiger partial charge in [-0.1, -0.05) is 48.0 Å². The smallest absolute Gasteiger partial charge is 0.0656 e. The highest BCUT2D eigenvalue weighted by atomic mass is 16.5. The van der Waals surface area contributed by atoms with E-state index in [1.165, 1.54) is 25.7 Å². The van der Waals surface area contributed by atoms with E-state index in [-0.39, 0.29) is 5.41 Å². The molecule has 1 aliphatic rings. The molecule has 0 spiro atoms. The summed E-state index contributed by atoms with van der Waals surface area (Å²) in [7, 11) is 0. The predicted molar refractivity (Wildman–Crippen MR) is 78.9 cm³/mol. The fraction of sp³-hybridized carbons (Fsp3) is 1.00. The van der Waals surface area contributed by atoms with Crippen LogP contribution >= 0.6 is 0 Å². The fourth-order valence-corrected chi connectivity index (χ4v) is 2.80. The van der Waals surface area contributed by atoms with Crippen LogP contribution in [-0.4, -0.2) is 24.8 Å². The van der Waals surface area contributed by atoms with Gasteiger partial charge >= 0.3 is 0 Å². The van der Waals surface area contributed by atoms with Crippen molar-refractivity contribution in [3.63, 3.8) is 0 Å². The van der Waals surface area contributed by atoms with Crippen LogP contribution in [0.1, 0.15) is 67.2 Å². The Morgan fingerprint density at radius 2 is 1.94 bits per heavy atom. The van der Waals surface area contributed by atoms with Gasteiger partial charge in [0.1, 0.15) is 0 Å². The number of ether oxygens (including phenoxy) is 1. The molecular formula is C16H33NO. The maximum atomic E-state index is 6.02. The highest BCUT2D eigenvalue weighted by Gasteiger charge is 2.49. The molecule has 0 bridgehead atoms. The van der Waals surface area contributed by atoms with Crippen LogP contribution in [0, 0.1) is 11.3 Å². The van der Waals surface area contributed by atoms with Gasteiger partial charge in [0, 0.05) is 24.1 Å². The largest absolute Gasteiger partial charge is 0.377 e. The predicted octanol–water partition coefficient (Wildman–Crippen LogP) is 3.99. The van der Waals surface area contributed by atoms with Gasteiger partial charge in [0.15, 0.2) is 0 Å². The van der Waals surface area contributed by atoms with Gasteiger partial charge in [-0.2, -0.15) is 0 Å². The van der Waals surface area contributed by atoms with Crippen molar-refractivity contribution >= 4 is 0 Å². The van der Waals surface area contributed by atoms with Crippen LogP contribution in [0.3, 0.4) is 0 Å². The van der Waals surface area contributed by atoms with E-state index >= 15 is 0 Å². The third kappa shape index (κ3) is 3.96. The molecule has 0 aromatic heterocycles. The van der Waals surface area contributed by atoms with Crippen molar-refractivity contribution in [3.05, 3.63) is 0 Å². The Balaban J connectivity index is 2.38. The number of hydrogen-bond acceptors (Lipinski definition) is 2. The molecule has 3 unspecified atom stereocenters. The van der Waals surface area contributed by atoms with E-state index in [1.54, 1.807) is 0 Å². The summed E-state index contributed by atoms with van der Waals surface area (Å²) in [4.78, 5) is 0. The van der Waals surface area contributed by atoms with Gasteiger partial charge < -0.3 is 10.1 Å². The van der Waals surface area contributed by atoms with E-state index in [4.69, 9.17) is 4.74 Å². The molecule has 0 aromatic rings. The quantitative estimate of drug-likeness (QED) is 0.708. The van der Waals surface area contributed by atoms with Crippen LogP contribution in [0.15, 0.2) is 0 Å². The highest BCUT2D eigenvalue weighted by Crippen LogP contribution is 2.43. The van der Waals surface area contributed by atoms with Crippen LogP contribution in [0.4, 0.5) is 0 Å². The summed E-state index contributed by atoms with van der Waals surface area (Å²) in [6.07, 6.45) is 5.42. The monoisotopic (exact) mass is 255 g/mol. The molecule has 3 atom stereocenters. The van der Waals surface area contributed by atoms with E-state index in [2.05, 4.69) is 46.9 Å². The number of rotatable bonds is 8. The van der Waals surface area contributed by atoms with Crippen LogP contribution < -0.4 is 5.32 Å². The zero-order chi connectivity index (χ0) is 13.8. The Morgan fingerprint density at radius 3 is 2.39 bits per heavy atom. The lowest BCUT2D eigenvalue weighted by molar-refractivity contribution is -0.126. The van der Waals surface area contributed by atoms with Gasteiger partial charge in [-0.3, -0.25) is 0 Å². The topological polar surface area (TPSA) is 21.3 Å². The Bertz CT molecular complexity index is 237. The lowest BCUT2D eigenvalue weighted by Crippen LogP contribution is -2.62. The van der Waals surface area contributed by atoms with Crippen molar-refractivity contribution in [2.45, 2.75) is 85.4 Å². The SMILES string of the molecule is CCCC(CC)NC1CC(OCC(C)C)C1(C)C. The van der Waals surface area contributed by atoms with Gasteiger partial charge in [0.25, 0.3) is 0 Å². The summed E-state index contributed by atoms with van der Waals surface area (Å²) in [6.45, 7) is 14.6. The van der Waals surface area contributed by atoms with E-state index in [9.17, 15) is 0 Å². The Kier molecular flexibility index (Phi) is 6.13. The van der Waals surface area contributed by atoms with Gasteiger partial charge in [0.2, 0.25) is 0 Å². The maximum absolute atomic E-state index is 6.02. The molecule has 108 valence electrons. The molecule has 1 N–H and O–H groups in total. The zero-order valence-electron chi connectivity index (χ0n) is 13.3.